The molecule has 0 amide bonds. The van der Waals surface area contributed by atoms with Gasteiger partial charge >= 0.3 is 0 Å². The zero-order chi connectivity index (χ0) is 11.8. The second-order valence-electron chi connectivity index (χ2n) is 3.68. The third kappa shape index (κ3) is 4.67. The molecule has 0 aliphatic rings. The summed E-state index contributed by atoms with van der Waals surface area (Å²) in [6.07, 6.45) is 2.77. The van der Waals surface area contributed by atoms with Crippen LogP contribution in [0, 0.1) is 0 Å². The molecule has 0 aliphatic carbocycles. The molecule has 0 spiro atoms. The van der Waals surface area contributed by atoms with E-state index in [1.807, 2.05) is 24.3 Å². The van der Waals surface area contributed by atoms with Crippen LogP contribution < -0.4 is 4.74 Å². The average Bonchev–Trinajstić information content (AvgIpc) is 2.34. The minimum Gasteiger partial charge on any atom is -0.497 e. The summed E-state index contributed by atoms with van der Waals surface area (Å²) in [4.78, 5) is 11.4. The highest BCUT2D eigenvalue weighted by Gasteiger charge is 2.02. The Balaban J connectivity index is 2.33. The molecule has 1 aromatic rings. The van der Waals surface area contributed by atoms with E-state index in [2.05, 4.69) is 0 Å². The van der Waals surface area contributed by atoms with Crippen molar-refractivity contribution in [2.45, 2.75) is 25.7 Å². The monoisotopic (exact) mass is 240 g/mol. The maximum Gasteiger partial charge on any atom is 0.133 e. The van der Waals surface area contributed by atoms with E-state index in [-0.39, 0.29) is 5.78 Å². The SMILES string of the molecule is COc1ccc(CCC(=O)CCCCl)cc1. The van der Waals surface area contributed by atoms with Gasteiger partial charge in [-0.15, -0.1) is 11.6 Å². The van der Waals surface area contributed by atoms with Gasteiger partial charge in [-0.25, -0.2) is 0 Å². The van der Waals surface area contributed by atoms with E-state index in [0.717, 1.165) is 18.6 Å². The molecule has 1 aromatic carbocycles. The van der Waals surface area contributed by atoms with E-state index in [1.54, 1.807) is 7.11 Å². The first-order chi connectivity index (χ1) is 7.76. The minimum absolute atomic E-state index is 0.288. The van der Waals surface area contributed by atoms with Gasteiger partial charge in [0, 0.05) is 18.7 Å². The Morgan fingerprint density at radius 2 is 1.94 bits per heavy atom. The molecule has 0 radical (unpaired) electrons. The predicted octanol–water partition coefficient (Wildman–Crippen LogP) is 3.22. The molecule has 0 aromatic heterocycles. The van der Waals surface area contributed by atoms with Gasteiger partial charge < -0.3 is 4.74 Å². The van der Waals surface area contributed by atoms with E-state index in [1.165, 1.54) is 5.56 Å². The van der Waals surface area contributed by atoms with Gasteiger partial charge in [0.25, 0.3) is 0 Å². The number of halogens is 1. The fourth-order valence-corrected chi connectivity index (χ4v) is 1.60. The highest BCUT2D eigenvalue weighted by atomic mass is 35.5. The number of carbonyl (C=O) groups excluding carboxylic acids is 1. The second kappa shape index (κ2) is 7.29. The molecule has 0 saturated carbocycles. The van der Waals surface area contributed by atoms with Crippen LogP contribution >= 0.6 is 11.6 Å². The Morgan fingerprint density at radius 3 is 2.50 bits per heavy atom. The summed E-state index contributed by atoms with van der Waals surface area (Å²) in [5, 5.41) is 0. The number of hydrogen-bond donors (Lipinski definition) is 0. The first-order valence-corrected chi connectivity index (χ1v) is 6.00. The number of methoxy groups -OCH3 is 1. The molecule has 0 bridgehead atoms. The quantitative estimate of drug-likeness (QED) is 0.684. The van der Waals surface area contributed by atoms with Gasteiger partial charge in [0.05, 0.1) is 7.11 Å². The van der Waals surface area contributed by atoms with Crippen molar-refractivity contribution < 1.29 is 9.53 Å². The van der Waals surface area contributed by atoms with Crippen molar-refractivity contribution in [2.24, 2.45) is 0 Å². The zero-order valence-corrected chi connectivity index (χ0v) is 10.3. The smallest absolute Gasteiger partial charge is 0.133 e. The summed E-state index contributed by atoms with van der Waals surface area (Å²) in [7, 11) is 1.64. The third-order valence-electron chi connectivity index (χ3n) is 2.44. The molecule has 2 nitrogen and oxygen atoms in total. The lowest BCUT2D eigenvalue weighted by Crippen LogP contribution is -2.00. The van der Waals surface area contributed by atoms with Crippen LogP contribution in [0.4, 0.5) is 0 Å². The van der Waals surface area contributed by atoms with Crippen molar-refractivity contribution in [3.05, 3.63) is 29.8 Å². The normalized spacial score (nSPS) is 10.1. The van der Waals surface area contributed by atoms with Crippen molar-refractivity contribution in [2.75, 3.05) is 13.0 Å². The largest absolute Gasteiger partial charge is 0.497 e. The van der Waals surface area contributed by atoms with Crippen molar-refractivity contribution in [1.29, 1.82) is 0 Å². The molecule has 0 atom stereocenters. The number of ketones is 1. The van der Waals surface area contributed by atoms with Crippen LogP contribution in [-0.4, -0.2) is 18.8 Å². The molecule has 16 heavy (non-hydrogen) atoms. The Bertz CT molecular complexity index is 319. The predicted molar refractivity (Wildman–Crippen MR) is 66.3 cm³/mol. The molecule has 0 heterocycles. The van der Waals surface area contributed by atoms with Gasteiger partial charge in [0.15, 0.2) is 0 Å². The summed E-state index contributed by atoms with van der Waals surface area (Å²) in [5.41, 5.74) is 1.17. The first-order valence-electron chi connectivity index (χ1n) is 5.47. The fraction of sp³-hybridized carbons (Fsp3) is 0.462. The third-order valence-corrected chi connectivity index (χ3v) is 2.71. The van der Waals surface area contributed by atoms with Crippen molar-refractivity contribution >= 4 is 17.4 Å². The lowest BCUT2D eigenvalue weighted by Gasteiger charge is -2.03. The van der Waals surface area contributed by atoms with E-state index >= 15 is 0 Å². The fourth-order valence-electron chi connectivity index (χ4n) is 1.46. The number of hydrogen-bond acceptors (Lipinski definition) is 2. The maximum atomic E-state index is 11.4. The summed E-state index contributed by atoms with van der Waals surface area (Å²) in [6, 6.07) is 7.82. The molecule has 0 unspecified atom stereocenters. The topological polar surface area (TPSA) is 26.3 Å². The lowest BCUT2D eigenvalue weighted by atomic mass is 10.1. The highest BCUT2D eigenvalue weighted by molar-refractivity contribution is 6.17. The number of carbonyl (C=O) groups is 1. The van der Waals surface area contributed by atoms with Gasteiger partial charge in [-0.05, 0) is 30.5 Å². The van der Waals surface area contributed by atoms with Crippen LogP contribution in [-0.2, 0) is 11.2 Å². The molecule has 3 heteroatoms. The summed E-state index contributed by atoms with van der Waals surface area (Å²) < 4.78 is 5.07. The van der Waals surface area contributed by atoms with Crippen LogP contribution in [0.15, 0.2) is 24.3 Å². The van der Waals surface area contributed by atoms with E-state index in [9.17, 15) is 4.79 Å². The Hall–Kier alpha value is -1.02. The van der Waals surface area contributed by atoms with Gasteiger partial charge in [-0.1, -0.05) is 12.1 Å². The number of rotatable bonds is 7. The minimum atomic E-state index is 0.288. The molecular weight excluding hydrogens is 224 g/mol. The zero-order valence-electron chi connectivity index (χ0n) is 9.54. The standard InChI is InChI=1S/C13H17ClO2/c1-16-13-8-5-11(6-9-13)4-7-12(15)3-2-10-14/h5-6,8-9H,2-4,7,10H2,1H3. The van der Waals surface area contributed by atoms with Crippen molar-refractivity contribution in [3.8, 4) is 5.75 Å². The Morgan fingerprint density at radius 1 is 1.25 bits per heavy atom. The van der Waals surface area contributed by atoms with Crippen molar-refractivity contribution in [3.63, 3.8) is 0 Å². The van der Waals surface area contributed by atoms with Crippen LogP contribution in [0.2, 0.25) is 0 Å². The molecule has 88 valence electrons. The first kappa shape index (κ1) is 13.0. The number of aryl methyl sites for hydroxylation is 1. The Kier molecular flexibility index (Phi) is 5.94. The molecule has 0 fully saturated rings. The lowest BCUT2D eigenvalue weighted by molar-refractivity contribution is -0.119. The average molecular weight is 241 g/mol. The Labute approximate surface area is 102 Å². The van der Waals surface area contributed by atoms with Crippen molar-refractivity contribution in [1.82, 2.24) is 0 Å². The molecular formula is C13H17ClO2. The number of Topliss-reactive ketones (excluding diaryl/α,β-unsaturated/α-hetero) is 1. The van der Waals surface area contributed by atoms with Gasteiger partial charge in [0.1, 0.15) is 11.5 Å². The van der Waals surface area contributed by atoms with Crippen LogP contribution in [0.5, 0.6) is 5.75 Å². The molecule has 0 N–H and O–H groups in total. The maximum absolute atomic E-state index is 11.4. The number of benzene rings is 1. The van der Waals surface area contributed by atoms with Crippen LogP contribution in [0.3, 0.4) is 0 Å². The summed E-state index contributed by atoms with van der Waals surface area (Å²) in [5.74, 6) is 1.70. The van der Waals surface area contributed by atoms with E-state index < -0.39 is 0 Å². The van der Waals surface area contributed by atoms with Gasteiger partial charge in [0.2, 0.25) is 0 Å². The second-order valence-corrected chi connectivity index (χ2v) is 4.06. The van der Waals surface area contributed by atoms with Crippen LogP contribution in [0.1, 0.15) is 24.8 Å². The van der Waals surface area contributed by atoms with E-state index in [0.29, 0.717) is 18.7 Å². The van der Waals surface area contributed by atoms with Gasteiger partial charge in [-0.2, -0.15) is 0 Å². The van der Waals surface area contributed by atoms with Crippen LogP contribution in [0.25, 0.3) is 0 Å². The number of alkyl halides is 1. The number of ether oxygens (including phenoxy) is 1. The van der Waals surface area contributed by atoms with Gasteiger partial charge in [-0.3, -0.25) is 4.79 Å². The van der Waals surface area contributed by atoms with E-state index in [4.69, 9.17) is 16.3 Å². The summed E-state index contributed by atoms with van der Waals surface area (Å²) >= 11 is 5.53. The molecule has 0 aliphatic heterocycles. The summed E-state index contributed by atoms with van der Waals surface area (Å²) in [6.45, 7) is 0. The molecule has 1 rings (SSSR count). The highest BCUT2D eigenvalue weighted by Crippen LogP contribution is 2.13. The molecule has 0 saturated heterocycles.